The number of nitrogens with one attached hydrogen (secondary N) is 1. The summed E-state index contributed by atoms with van der Waals surface area (Å²) in [7, 11) is 1.63. The van der Waals surface area contributed by atoms with Crippen molar-refractivity contribution >= 4 is 0 Å². The van der Waals surface area contributed by atoms with Crippen LogP contribution in [0, 0.1) is 0 Å². The normalized spacial score (nSPS) is 26.1. The zero-order valence-electron chi connectivity index (χ0n) is 10.5. The predicted octanol–water partition coefficient (Wildman–Crippen LogP) is 1.64. The average Bonchev–Trinajstić information content (AvgIpc) is 2.62. The van der Waals surface area contributed by atoms with Gasteiger partial charge >= 0.3 is 6.18 Å². The van der Waals surface area contributed by atoms with Gasteiger partial charge in [-0.25, -0.2) is 0 Å². The van der Waals surface area contributed by atoms with Crippen molar-refractivity contribution in [2.75, 3.05) is 26.7 Å². The first-order chi connectivity index (χ1) is 7.81. The van der Waals surface area contributed by atoms with Gasteiger partial charge in [0, 0.05) is 32.3 Å². The highest BCUT2D eigenvalue weighted by Crippen LogP contribution is 2.19. The van der Waals surface area contributed by atoms with Crippen LogP contribution in [0.15, 0.2) is 0 Å². The molecule has 1 rings (SSSR count). The fourth-order valence-corrected chi connectivity index (χ4v) is 2.07. The number of nitrogens with zero attached hydrogens (tertiary/aromatic N) is 1. The van der Waals surface area contributed by atoms with E-state index in [-0.39, 0.29) is 18.2 Å². The molecule has 0 amide bonds. The van der Waals surface area contributed by atoms with Crippen molar-refractivity contribution in [1.82, 2.24) is 10.2 Å². The van der Waals surface area contributed by atoms with Crippen LogP contribution in [0.1, 0.15) is 20.3 Å². The molecule has 0 radical (unpaired) electrons. The molecule has 102 valence electrons. The first-order valence-corrected chi connectivity index (χ1v) is 5.89. The topological polar surface area (TPSA) is 24.5 Å². The molecule has 2 atom stereocenters. The van der Waals surface area contributed by atoms with Gasteiger partial charge in [0.1, 0.15) is 0 Å². The molecule has 17 heavy (non-hydrogen) atoms. The molecular weight excluding hydrogens is 233 g/mol. The maximum absolute atomic E-state index is 12.4. The average molecular weight is 254 g/mol. The van der Waals surface area contributed by atoms with E-state index < -0.39 is 12.7 Å². The molecule has 1 aliphatic heterocycles. The van der Waals surface area contributed by atoms with E-state index in [1.165, 1.54) is 4.90 Å². The Bertz CT molecular complexity index is 233. The van der Waals surface area contributed by atoms with Gasteiger partial charge in [-0.1, -0.05) is 0 Å². The van der Waals surface area contributed by atoms with E-state index in [1.54, 1.807) is 21.0 Å². The third kappa shape index (κ3) is 5.23. The Balaban J connectivity index is 2.45. The summed E-state index contributed by atoms with van der Waals surface area (Å²) in [5, 5.41) is 3.19. The lowest BCUT2D eigenvalue weighted by molar-refractivity contribution is -0.150. The van der Waals surface area contributed by atoms with E-state index in [9.17, 15) is 13.2 Å². The van der Waals surface area contributed by atoms with Gasteiger partial charge in [-0.2, -0.15) is 13.2 Å². The van der Waals surface area contributed by atoms with Crippen LogP contribution in [0.4, 0.5) is 13.2 Å². The van der Waals surface area contributed by atoms with Crippen molar-refractivity contribution in [3.63, 3.8) is 0 Å². The molecule has 0 aromatic carbocycles. The van der Waals surface area contributed by atoms with Gasteiger partial charge in [-0.15, -0.1) is 0 Å². The van der Waals surface area contributed by atoms with Gasteiger partial charge in [-0.3, -0.25) is 4.90 Å². The standard InChI is InChI=1S/C11H21F3N2O/c1-8(2)16(7-11(12,13)14)6-9-4-10(17-3)5-15-9/h8-10,15H,4-7H2,1-3H3. The van der Waals surface area contributed by atoms with Gasteiger partial charge in [-0.05, 0) is 20.3 Å². The number of hydrogen-bond acceptors (Lipinski definition) is 3. The quantitative estimate of drug-likeness (QED) is 0.807. The van der Waals surface area contributed by atoms with E-state index >= 15 is 0 Å². The molecule has 0 spiro atoms. The van der Waals surface area contributed by atoms with Crippen LogP contribution in [0.2, 0.25) is 0 Å². The summed E-state index contributed by atoms with van der Waals surface area (Å²) in [5.74, 6) is 0. The monoisotopic (exact) mass is 254 g/mol. The van der Waals surface area contributed by atoms with Crippen LogP contribution in [-0.4, -0.2) is 56.0 Å². The minimum absolute atomic E-state index is 0.0877. The van der Waals surface area contributed by atoms with Crippen molar-refractivity contribution < 1.29 is 17.9 Å². The smallest absolute Gasteiger partial charge is 0.380 e. The Kier molecular flexibility index (Phi) is 5.22. The summed E-state index contributed by atoms with van der Waals surface area (Å²) < 4.78 is 42.4. The maximum atomic E-state index is 12.4. The van der Waals surface area contributed by atoms with E-state index in [4.69, 9.17) is 4.74 Å². The molecular formula is C11H21F3N2O. The highest BCUT2D eigenvalue weighted by atomic mass is 19.4. The highest BCUT2D eigenvalue weighted by Gasteiger charge is 2.34. The van der Waals surface area contributed by atoms with Crippen molar-refractivity contribution in [2.24, 2.45) is 0 Å². The zero-order chi connectivity index (χ0) is 13.1. The van der Waals surface area contributed by atoms with Gasteiger partial charge in [0.05, 0.1) is 12.6 Å². The largest absolute Gasteiger partial charge is 0.401 e. The molecule has 1 N–H and O–H groups in total. The molecule has 2 unspecified atom stereocenters. The fraction of sp³-hybridized carbons (Fsp3) is 1.00. The lowest BCUT2D eigenvalue weighted by Crippen LogP contribution is -2.45. The van der Waals surface area contributed by atoms with Crippen molar-refractivity contribution in [1.29, 1.82) is 0 Å². The third-order valence-corrected chi connectivity index (χ3v) is 3.08. The van der Waals surface area contributed by atoms with Gasteiger partial charge in [0.15, 0.2) is 0 Å². The Morgan fingerprint density at radius 1 is 1.41 bits per heavy atom. The van der Waals surface area contributed by atoms with Crippen molar-refractivity contribution in [3.8, 4) is 0 Å². The van der Waals surface area contributed by atoms with Crippen LogP contribution in [0.25, 0.3) is 0 Å². The van der Waals surface area contributed by atoms with E-state index in [0.717, 1.165) is 13.0 Å². The SMILES string of the molecule is COC1CNC(CN(CC(F)(F)F)C(C)C)C1. The summed E-state index contributed by atoms with van der Waals surface area (Å²) in [6, 6.07) is -0.0234. The second-order valence-electron chi connectivity index (χ2n) is 4.84. The lowest BCUT2D eigenvalue weighted by Gasteiger charge is -2.29. The molecule has 0 aromatic heterocycles. The molecule has 1 saturated heterocycles. The highest BCUT2D eigenvalue weighted by molar-refractivity contribution is 4.85. The van der Waals surface area contributed by atoms with Crippen LogP contribution < -0.4 is 5.32 Å². The third-order valence-electron chi connectivity index (χ3n) is 3.08. The summed E-state index contributed by atoms with van der Waals surface area (Å²) in [5.41, 5.74) is 0. The Morgan fingerprint density at radius 3 is 2.47 bits per heavy atom. The molecule has 6 heteroatoms. The minimum Gasteiger partial charge on any atom is -0.380 e. The number of alkyl halides is 3. The molecule has 1 fully saturated rings. The van der Waals surface area contributed by atoms with Crippen LogP contribution in [0.3, 0.4) is 0 Å². The van der Waals surface area contributed by atoms with Crippen LogP contribution in [0.5, 0.6) is 0 Å². The molecule has 1 aliphatic rings. The second-order valence-corrected chi connectivity index (χ2v) is 4.84. The summed E-state index contributed by atoms with van der Waals surface area (Å²) >= 11 is 0. The number of ether oxygens (including phenoxy) is 1. The molecule has 0 saturated carbocycles. The number of rotatable bonds is 5. The number of halogens is 3. The Hall–Kier alpha value is -0.330. The molecule has 0 aromatic rings. The maximum Gasteiger partial charge on any atom is 0.401 e. The summed E-state index contributed by atoms with van der Waals surface area (Å²) in [6.07, 6.45) is -3.24. The molecule has 0 aliphatic carbocycles. The van der Waals surface area contributed by atoms with E-state index in [1.807, 2.05) is 0 Å². The predicted molar refractivity (Wildman–Crippen MR) is 60.0 cm³/mol. The minimum atomic E-state index is -4.14. The lowest BCUT2D eigenvalue weighted by atomic mass is 10.1. The van der Waals surface area contributed by atoms with Crippen LogP contribution in [-0.2, 0) is 4.74 Å². The first-order valence-electron chi connectivity index (χ1n) is 5.89. The number of methoxy groups -OCH3 is 1. The Morgan fingerprint density at radius 2 is 2.06 bits per heavy atom. The van der Waals surface area contributed by atoms with Crippen LogP contribution >= 0.6 is 0 Å². The Labute approximate surface area is 100 Å². The van der Waals surface area contributed by atoms with Gasteiger partial charge in [0.2, 0.25) is 0 Å². The zero-order valence-corrected chi connectivity index (χ0v) is 10.5. The first kappa shape index (κ1) is 14.7. The van der Waals surface area contributed by atoms with Crippen molar-refractivity contribution in [2.45, 2.75) is 44.6 Å². The molecule has 0 bridgehead atoms. The van der Waals surface area contributed by atoms with Crippen molar-refractivity contribution in [3.05, 3.63) is 0 Å². The molecule has 1 heterocycles. The van der Waals surface area contributed by atoms with E-state index in [2.05, 4.69) is 5.32 Å². The van der Waals surface area contributed by atoms with Gasteiger partial charge < -0.3 is 10.1 Å². The second kappa shape index (κ2) is 6.02. The fourth-order valence-electron chi connectivity index (χ4n) is 2.07. The number of hydrogen-bond donors (Lipinski definition) is 1. The van der Waals surface area contributed by atoms with E-state index in [0.29, 0.717) is 6.54 Å². The summed E-state index contributed by atoms with van der Waals surface area (Å²) in [6.45, 7) is 3.86. The molecule has 3 nitrogen and oxygen atoms in total. The summed E-state index contributed by atoms with van der Waals surface area (Å²) in [4.78, 5) is 1.45. The van der Waals surface area contributed by atoms with Gasteiger partial charge in [0.25, 0.3) is 0 Å².